The highest BCUT2D eigenvalue weighted by Gasteiger charge is 2.25. The quantitative estimate of drug-likeness (QED) is 0.799. The van der Waals surface area contributed by atoms with Gasteiger partial charge in [0.15, 0.2) is 0 Å². The van der Waals surface area contributed by atoms with Crippen molar-refractivity contribution in [3.8, 4) is 6.07 Å². The number of hydrogen-bond donors (Lipinski definition) is 2. The van der Waals surface area contributed by atoms with Crippen LogP contribution in [0.15, 0.2) is 36.7 Å². The second-order valence-electron chi connectivity index (χ2n) is 6.50. The van der Waals surface area contributed by atoms with Crippen LogP contribution in [0.3, 0.4) is 0 Å². The molecule has 1 aliphatic rings. The minimum absolute atomic E-state index is 0.0427. The molecule has 9 nitrogen and oxygen atoms in total. The van der Waals surface area contributed by atoms with Crippen LogP contribution in [0, 0.1) is 11.3 Å². The summed E-state index contributed by atoms with van der Waals surface area (Å²) in [6.45, 7) is 3.18. The van der Waals surface area contributed by atoms with E-state index in [1.807, 2.05) is 0 Å². The van der Waals surface area contributed by atoms with Gasteiger partial charge in [-0.1, -0.05) is 12.1 Å². The number of nitrogens with zero attached hydrogens (tertiary/aromatic N) is 4. The van der Waals surface area contributed by atoms with Gasteiger partial charge in [0.05, 0.1) is 17.9 Å². The Labute approximate surface area is 168 Å². The van der Waals surface area contributed by atoms with E-state index in [9.17, 15) is 14.9 Å². The second kappa shape index (κ2) is 9.50. The molecule has 0 atom stereocenters. The minimum atomic E-state index is -0.318. The summed E-state index contributed by atoms with van der Waals surface area (Å²) in [7, 11) is 0. The van der Waals surface area contributed by atoms with Crippen LogP contribution in [-0.4, -0.2) is 52.6 Å². The van der Waals surface area contributed by atoms with Crippen LogP contribution < -0.4 is 10.6 Å². The predicted octanol–water partition coefficient (Wildman–Crippen LogP) is 2.44. The van der Waals surface area contributed by atoms with Crippen molar-refractivity contribution in [1.29, 1.82) is 5.26 Å². The molecule has 1 saturated heterocycles. The van der Waals surface area contributed by atoms with Crippen molar-refractivity contribution >= 4 is 23.5 Å². The number of nitriles is 1. The highest BCUT2D eigenvalue weighted by molar-refractivity contribution is 5.93. The fraction of sp³-hybridized carbons (Fsp3) is 0.350. The average Bonchev–Trinajstić information content (AvgIpc) is 2.75. The zero-order valence-corrected chi connectivity index (χ0v) is 16.1. The van der Waals surface area contributed by atoms with Gasteiger partial charge in [-0.2, -0.15) is 5.26 Å². The van der Waals surface area contributed by atoms with Crippen molar-refractivity contribution in [2.45, 2.75) is 25.8 Å². The molecule has 0 saturated carbocycles. The molecule has 2 N–H and O–H groups in total. The summed E-state index contributed by atoms with van der Waals surface area (Å²) in [4.78, 5) is 34.1. The number of nitrogens with one attached hydrogen (secondary N) is 2. The molecule has 3 rings (SSSR count). The number of benzene rings is 1. The molecule has 0 bridgehead atoms. The number of aromatic nitrogens is 2. The first kappa shape index (κ1) is 20.1. The van der Waals surface area contributed by atoms with Crippen LogP contribution in [0.5, 0.6) is 0 Å². The van der Waals surface area contributed by atoms with E-state index in [1.54, 1.807) is 36.1 Å². The maximum Gasteiger partial charge on any atom is 0.409 e. The van der Waals surface area contributed by atoms with Crippen LogP contribution in [0.4, 0.5) is 16.3 Å². The minimum Gasteiger partial charge on any atom is -0.450 e. The standard InChI is InChI=1S/C20H22N6O3/c1-2-29-20(28)26-9-7-15(8-10-26)24-19(27)17-11-18(23-13-22-17)25-16-6-4-3-5-14(16)12-21/h3-6,11,13,15H,2,7-10H2,1H3,(H,24,27)(H,22,23,25). The number of ether oxygens (including phenoxy) is 1. The second-order valence-corrected chi connectivity index (χ2v) is 6.50. The molecule has 29 heavy (non-hydrogen) atoms. The van der Waals surface area contributed by atoms with Crippen LogP contribution in [0.25, 0.3) is 0 Å². The lowest BCUT2D eigenvalue weighted by atomic mass is 10.1. The number of hydrogen-bond acceptors (Lipinski definition) is 7. The number of likely N-dealkylation sites (tertiary alicyclic amines) is 1. The molecule has 150 valence electrons. The van der Waals surface area contributed by atoms with E-state index < -0.39 is 0 Å². The van der Waals surface area contributed by atoms with E-state index in [1.165, 1.54) is 12.4 Å². The summed E-state index contributed by atoms with van der Waals surface area (Å²) in [6.07, 6.45) is 2.28. The molecule has 0 unspecified atom stereocenters. The molecule has 1 aliphatic heterocycles. The Morgan fingerprint density at radius 3 is 2.76 bits per heavy atom. The summed E-state index contributed by atoms with van der Waals surface area (Å²) in [5.74, 6) is 0.114. The van der Waals surface area contributed by atoms with Crippen LogP contribution in [0.1, 0.15) is 35.8 Å². The summed E-state index contributed by atoms with van der Waals surface area (Å²) >= 11 is 0. The summed E-state index contributed by atoms with van der Waals surface area (Å²) in [5.41, 5.74) is 1.31. The lowest BCUT2D eigenvalue weighted by molar-refractivity contribution is 0.0856. The summed E-state index contributed by atoms with van der Waals surface area (Å²) in [5, 5.41) is 15.2. The Morgan fingerprint density at radius 1 is 1.28 bits per heavy atom. The van der Waals surface area contributed by atoms with Gasteiger partial charge in [0, 0.05) is 25.2 Å². The van der Waals surface area contributed by atoms with Gasteiger partial charge in [0.1, 0.15) is 23.9 Å². The maximum absolute atomic E-state index is 12.6. The zero-order valence-electron chi connectivity index (χ0n) is 16.1. The molecule has 1 aromatic carbocycles. The van der Waals surface area contributed by atoms with E-state index in [-0.39, 0.29) is 23.7 Å². The molecule has 2 aromatic rings. The smallest absolute Gasteiger partial charge is 0.409 e. The van der Waals surface area contributed by atoms with E-state index in [0.29, 0.717) is 49.6 Å². The molecule has 0 aliphatic carbocycles. The summed E-state index contributed by atoms with van der Waals surface area (Å²) < 4.78 is 5.00. The molecular weight excluding hydrogens is 372 g/mol. The average molecular weight is 394 g/mol. The number of rotatable bonds is 5. The number of carbonyl (C=O) groups is 2. The third-order valence-electron chi connectivity index (χ3n) is 4.57. The normalized spacial score (nSPS) is 14.0. The Kier molecular flexibility index (Phi) is 6.58. The van der Waals surface area contributed by atoms with Crippen molar-refractivity contribution < 1.29 is 14.3 Å². The van der Waals surface area contributed by atoms with Gasteiger partial charge in [-0.05, 0) is 31.9 Å². The molecule has 9 heteroatoms. The predicted molar refractivity (Wildman–Crippen MR) is 106 cm³/mol. The molecule has 0 spiro atoms. The van der Waals surface area contributed by atoms with Crippen molar-refractivity contribution in [3.63, 3.8) is 0 Å². The fourth-order valence-electron chi connectivity index (χ4n) is 3.06. The SMILES string of the molecule is CCOC(=O)N1CCC(NC(=O)c2cc(Nc3ccccc3C#N)ncn2)CC1. The first-order valence-electron chi connectivity index (χ1n) is 9.41. The van der Waals surface area contributed by atoms with Crippen LogP contribution in [-0.2, 0) is 4.74 Å². The van der Waals surface area contributed by atoms with Gasteiger partial charge >= 0.3 is 6.09 Å². The molecule has 1 aromatic heterocycles. The Morgan fingerprint density at radius 2 is 2.03 bits per heavy atom. The van der Waals surface area contributed by atoms with Gasteiger partial charge in [0.25, 0.3) is 5.91 Å². The van der Waals surface area contributed by atoms with Gasteiger partial charge < -0.3 is 20.3 Å². The molecular formula is C20H22N6O3. The first-order chi connectivity index (χ1) is 14.1. The van der Waals surface area contributed by atoms with Gasteiger partial charge in [-0.15, -0.1) is 0 Å². The summed E-state index contributed by atoms with van der Waals surface area (Å²) in [6, 6.07) is 10.6. The molecule has 2 amide bonds. The monoisotopic (exact) mass is 394 g/mol. The zero-order chi connectivity index (χ0) is 20.6. The maximum atomic E-state index is 12.6. The lowest BCUT2D eigenvalue weighted by Crippen LogP contribution is -2.46. The van der Waals surface area contributed by atoms with Crippen molar-refractivity contribution in [2.75, 3.05) is 25.0 Å². The van der Waals surface area contributed by atoms with Gasteiger partial charge in [-0.25, -0.2) is 14.8 Å². The third kappa shape index (κ3) is 5.19. The topological polar surface area (TPSA) is 120 Å². The highest BCUT2D eigenvalue weighted by Crippen LogP contribution is 2.19. The largest absolute Gasteiger partial charge is 0.450 e. The number of para-hydroxylation sites is 1. The van der Waals surface area contributed by atoms with Crippen molar-refractivity contribution in [1.82, 2.24) is 20.2 Å². The number of anilines is 2. The molecule has 1 fully saturated rings. The van der Waals surface area contributed by atoms with Gasteiger partial charge in [0.2, 0.25) is 0 Å². The molecule has 2 heterocycles. The van der Waals surface area contributed by atoms with Crippen molar-refractivity contribution in [3.05, 3.63) is 47.9 Å². The Bertz CT molecular complexity index is 918. The number of carbonyl (C=O) groups excluding carboxylic acids is 2. The Hall–Kier alpha value is -3.67. The highest BCUT2D eigenvalue weighted by atomic mass is 16.6. The van der Waals surface area contributed by atoms with E-state index >= 15 is 0 Å². The number of amides is 2. The first-order valence-corrected chi connectivity index (χ1v) is 9.41. The fourth-order valence-corrected chi connectivity index (χ4v) is 3.06. The lowest BCUT2D eigenvalue weighted by Gasteiger charge is -2.31. The molecule has 0 radical (unpaired) electrons. The van der Waals surface area contributed by atoms with E-state index in [4.69, 9.17) is 4.74 Å². The van der Waals surface area contributed by atoms with E-state index in [2.05, 4.69) is 26.7 Å². The van der Waals surface area contributed by atoms with E-state index in [0.717, 1.165) is 0 Å². The Balaban J connectivity index is 1.59. The number of piperidine rings is 1. The third-order valence-corrected chi connectivity index (χ3v) is 4.57. The van der Waals surface area contributed by atoms with Crippen LogP contribution in [0.2, 0.25) is 0 Å². The van der Waals surface area contributed by atoms with Crippen LogP contribution >= 0.6 is 0 Å². The van der Waals surface area contributed by atoms with Gasteiger partial charge in [-0.3, -0.25) is 4.79 Å². The van der Waals surface area contributed by atoms with Crippen molar-refractivity contribution in [2.24, 2.45) is 0 Å².